The van der Waals surface area contributed by atoms with Gasteiger partial charge in [0.2, 0.25) is 0 Å². The highest BCUT2D eigenvalue weighted by Gasteiger charge is 2.12. The molecule has 1 rings (SSSR count). The number of benzene rings is 1. The minimum atomic E-state index is -0.502. The highest BCUT2D eigenvalue weighted by atomic mass is 35.5. The van der Waals surface area contributed by atoms with E-state index in [2.05, 4.69) is 0 Å². The third kappa shape index (κ3) is 1.49. The van der Waals surface area contributed by atoms with Crippen LogP contribution < -0.4 is 11.1 Å². The molecule has 0 radical (unpaired) electrons. The van der Waals surface area contributed by atoms with E-state index in [9.17, 15) is 4.39 Å². The number of hydrogen-bond acceptors (Lipinski definition) is 0. The van der Waals surface area contributed by atoms with Crippen LogP contribution in [0.4, 0.5) is 4.39 Å². The molecule has 4 heteroatoms. The standard InChI is InChI=1S/C7H6ClFN2/c8-4-2-1-3-5(9)6(4)7(10)11/h1-3H,(H3,10,11)/p+1. The van der Waals surface area contributed by atoms with Crippen molar-refractivity contribution in [2.45, 2.75) is 0 Å². The van der Waals surface area contributed by atoms with E-state index >= 15 is 0 Å². The number of nitrogens with two attached hydrogens (primary N) is 2. The van der Waals surface area contributed by atoms with Gasteiger partial charge in [0.1, 0.15) is 11.4 Å². The molecule has 0 heterocycles. The smallest absolute Gasteiger partial charge is 0.275 e. The SMILES string of the molecule is NC(=[NH2+])c1c(F)cccc1Cl. The van der Waals surface area contributed by atoms with Gasteiger partial charge in [-0.3, -0.25) is 11.1 Å². The molecule has 0 spiro atoms. The Morgan fingerprint density at radius 2 is 2.18 bits per heavy atom. The van der Waals surface area contributed by atoms with Gasteiger partial charge in [0.25, 0.3) is 5.84 Å². The highest BCUT2D eigenvalue weighted by molar-refractivity contribution is 6.33. The third-order valence-electron chi connectivity index (χ3n) is 1.25. The first-order valence-electron chi connectivity index (χ1n) is 2.95. The van der Waals surface area contributed by atoms with Crippen LogP contribution in [0.5, 0.6) is 0 Å². The second-order valence-electron chi connectivity index (χ2n) is 2.05. The molecule has 1 aromatic rings. The van der Waals surface area contributed by atoms with Gasteiger partial charge in [-0.1, -0.05) is 17.7 Å². The van der Waals surface area contributed by atoms with E-state index in [0.29, 0.717) is 0 Å². The van der Waals surface area contributed by atoms with Crippen LogP contribution >= 0.6 is 11.6 Å². The average molecular weight is 174 g/mol. The summed E-state index contributed by atoms with van der Waals surface area (Å²) in [5, 5.41) is 5.41. The number of rotatable bonds is 1. The van der Waals surface area contributed by atoms with Gasteiger partial charge in [-0.05, 0) is 12.1 Å². The second kappa shape index (κ2) is 2.88. The van der Waals surface area contributed by atoms with Crippen molar-refractivity contribution < 1.29 is 9.80 Å². The maximum absolute atomic E-state index is 12.8. The molecule has 0 aromatic heterocycles. The van der Waals surface area contributed by atoms with E-state index in [-0.39, 0.29) is 16.4 Å². The summed E-state index contributed by atoms with van der Waals surface area (Å²) in [6, 6.07) is 4.27. The van der Waals surface area contributed by atoms with Gasteiger partial charge >= 0.3 is 0 Å². The zero-order valence-electron chi connectivity index (χ0n) is 5.64. The summed E-state index contributed by atoms with van der Waals surface area (Å²) in [6.45, 7) is 0. The van der Waals surface area contributed by atoms with Crippen molar-refractivity contribution in [1.29, 1.82) is 0 Å². The molecule has 4 N–H and O–H groups in total. The molecule has 0 aliphatic rings. The lowest BCUT2D eigenvalue weighted by atomic mass is 10.2. The van der Waals surface area contributed by atoms with E-state index < -0.39 is 5.82 Å². The van der Waals surface area contributed by atoms with E-state index in [1.54, 1.807) is 0 Å². The molecule has 0 saturated carbocycles. The van der Waals surface area contributed by atoms with Crippen LogP contribution in [0.15, 0.2) is 18.2 Å². The van der Waals surface area contributed by atoms with Crippen molar-refractivity contribution in [3.05, 3.63) is 34.6 Å². The Morgan fingerprint density at radius 1 is 1.55 bits per heavy atom. The molecule has 0 unspecified atom stereocenters. The Kier molecular flexibility index (Phi) is 2.10. The summed E-state index contributed by atoms with van der Waals surface area (Å²) in [7, 11) is 0. The number of halogens is 2. The Morgan fingerprint density at radius 3 is 2.55 bits per heavy atom. The van der Waals surface area contributed by atoms with Crippen molar-refractivity contribution in [1.82, 2.24) is 0 Å². The fourth-order valence-corrected chi connectivity index (χ4v) is 1.05. The fraction of sp³-hybridized carbons (Fsp3) is 0. The summed E-state index contributed by atoms with van der Waals surface area (Å²) in [6.07, 6.45) is 0. The van der Waals surface area contributed by atoms with Crippen LogP contribution in [0.3, 0.4) is 0 Å². The molecule has 0 fully saturated rings. The molecule has 1 aromatic carbocycles. The molecular formula is C7H7ClFN2+. The minimum Gasteiger partial charge on any atom is -0.287 e. The minimum absolute atomic E-state index is 0.0779. The van der Waals surface area contributed by atoms with Gasteiger partial charge in [0.15, 0.2) is 0 Å². The fourth-order valence-electron chi connectivity index (χ4n) is 0.774. The lowest BCUT2D eigenvalue weighted by Crippen LogP contribution is -2.46. The summed E-state index contributed by atoms with van der Waals surface area (Å²) >= 11 is 5.60. The third-order valence-corrected chi connectivity index (χ3v) is 1.57. The number of hydrogen-bond donors (Lipinski definition) is 2. The first-order valence-corrected chi connectivity index (χ1v) is 3.33. The van der Waals surface area contributed by atoms with Crippen molar-refractivity contribution in [2.24, 2.45) is 5.73 Å². The first-order chi connectivity index (χ1) is 5.13. The van der Waals surface area contributed by atoms with E-state index in [4.69, 9.17) is 22.7 Å². The van der Waals surface area contributed by atoms with Crippen LogP contribution in [-0.4, -0.2) is 5.84 Å². The predicted octanol–water partition coefficient (Wildman–Crippen LogP) is -0.0565. The van der Waals surface area contributed by atoms with Crippen molar-refractivity contribution in [3.63, 3.8) is 0 Å². The largest absolute Gasteiger partial charge is 0.287 e. The normalized spacial score (nSPS) is 9.64. The maximum atomic E-state index is 12.8. The van der Waals surface area contributed by atoms with Gasteiger partial charge in [0.05, 0.1) is 5.02 Å². The average Bonchev–Trinajstić information content (AvgIpc) is 1.85. The Bertz CT molecular complexity index is 278. The van der Waals surface area contributed by atoms with Gasteiger partial charge in [-0.2, -0.15) is 0 Å². The van der Waals surface area contributed by atoms with Gasteiger partial charge in [-0.25, -0.2) is 4.39 Å². The lowest BCUT2D eigenvalue weighted by molar-refractivity contribution is -0.114. The van der Waals surface area contributed by atoms with Crippen LogP contribution in [0.25, 0.3) is 0 Å². The topological polar surface area (TPSA) is 51.6 Å². The van der Waals surface area contributed by atoms with Crippen molar-refractivity contribution >= 4 is 17.4 Å². The van der Waals surface area contributed by atoms with Gasteiger partial charge < -0.3 is 0 Å². The summed E-state index contributed by atoms with van der Waals surface area (Å²) in [5.41, 5.74) is 5.26. The molecule has 0 amide bonds. The number of amidine groups is 1. The van der Waals surface area contributed by atoms with E-state index in [0.717, 1.165) is 0 Å². The highest BCUT2D eigenvalue weighted by Crippen LogP contribution is 2.16. The van der Waals surface area contributed by atoms with Crippen LogP contribution in [0.1, 0.15) is 5.56 Å². The van der Waals surface area contributed by atoms with Gasteiger partial charge in [-0.15, -0.1) is 0 Å². The molecule has 58 valence electrons. The maximum Gasteiger partial charge on any atom is 0.275 e. The predicted molar refractivity (Wildman–Crippen MR) is 41.6 cm³/mol. The molecule has 11 heavy (non-hydrogen) atoms. The quantitative estimate of drug-likeness (QED) is 0.454. The van der Waals surface area contributed by atoms with Gasteiger partial charge in [0, 0.05) is 0 Å². The zero-order chi connectivity index (χ0) is 8.43. The molecule has 2 nitrogen and oxygen atoms in total. The first kappa shape index (κ1) is 8.01. The summed E-state index contributed by atoms with van der Waals surface area (Å²) < 4.78 is 12.8. The monoisotopic (exact) mass is 173 g/mol. The Balaban J connectivity index is 3.32. The zero-order valence-corrected chi connectivity index (χ0v) is 6.40. The Hall–Kier alpha value is -1.09. The lowest BCUT2D eigenvalue weighted by Gasteiger charge is -1.97. The molecule has 0 aliphatic carbocycles. The molecule has 0 atom stereocenters. The van der Waals surface area contributed by atoms with Crippen LogP contribution in [0, 0.1) is 5.82 Å². The summed E-state index contributed by atoms with van der Waals surface area (Å²) in [4.78, 5) is 0. The van der Waals surface area contributed by atoms with Crippen molar-refractivity contribution in [3.8, 4) is 0 Å². The second-order valence-corrected chi connectivity index (χ2v) is 2.46. The molecule has 0 bridgehead atoms. The van der Waals surface area contributed by atoms with Crippen molar-refractivity contribution in [2.75, 3.05) is 0 Å². The molecule has 0 aliphatic heterocycles. The van der Waals surface area contributed by atoms with E-state index in [1.165, 1.54) is 18.2 Å². The van der Waals surface area contributed by atoms with Crippen LogP contribution in [0.2, 0.25) is 5.02 Å². The molecule has 0 saturated heterocycles. The molecular weight excluding hydrogens is 167 g/mol. The summed E-state index contributed by atoms with van der Waals surface area (Å²) in [5.74, 6) is -0.606. The van der Waals surface area contributed by atoms with E-state index in [1.807, 2.05) is 0 Å². The van der Waals surface area contributed by atoms with Crippen LogP contribution in [-0.2, 0) is 0 Å². The Labute approximate surface area is 68.3 Å².